The molecule has 0 saturated heterocycles. The second-order valence-corrected chi connectivity index (χ2v) is 6.85. The number of carbonyl (C=O) groups is 1. The van der Waals surface area contributed by atoms with Crippen LogP contribution in [0.1, 0.15) is 31.4 Å². The van der Waals surface area contributed by atoms with Crippen molar-refractivity contribution in [3.63, 3.8) is 0 Å². The lowest BCUT2D eigenvalue weighted by Crippen LogP contribution is -2.45. The van der Waals surface area contributed by atoms with E-state index in [0.717, 1.165) is 29.2 Å². The highest BCUT2D eigenvalue weighted by atomic mass is 35.5. The Kier molecular flexibility index (Phi) is 9.35. The SMILES string of the molecule is Cl.Cl.NCC1CCCCC1NC(=O)Cc1csc(-c2ccccn2)n1. The molecule has 25 heavy (non-hydrogen) atoms. The number of nitrogens with two attached hydrogens (primary N) is 1. The van der Waals surface area contributed by atoms with E-state index in [-0.39, 0.29) is 36.8 Å². The van der Waals surface area contributed by atoms with E-state index in [1.807, 2.05) is 23.6 Å². The zero-order valence-corrected chi connectivity index (χ0v) is 16.3. The maximum Gasteiger partial charge on any atom is 0.226 e. The maximum absolute atomic E-state index is 12.3. The summed E-state index contributed by atoms with van der Waals surface area (Å²) in [6.45, 7) is 0.644. The quantitative estimate of drug-likeness (QED) is 0.803. The summed E-state index contributed by atoms with van der Waals surface area (Å²) in [4.78, 5) is 21.1. The van der Waals surface area contributed by atoms with Crippen molar-refractivity contribution in [2.45, 2.75) is 38.1 Å². The second-order valence-electron chi connectivity index (χ2n) is 5.99. The molecule has 2 aromatic heterocycles. The lowest BCUT2D eigenvalue weighted by Gasteiger charge is -2.31. The molecule has 5 nitrogen and oxygen atoms in total. The Bertz CT molecular complexity index is 653. The predicted molar refractivity (Wildman–Crippen MR) is 106 cm³/mol. The summed E-state index contributed by atoms with van der Waals surface area (Å²) >= 11 is 1.52. The third kappa shape index (κ3) is 5.92. The molecule has 1 aliphatic carbocycles. The van der Waals surface area contributed by atoms with Gasteiger partial charge in [0.05, 0.1) is 17.8 Å². The molecule has 8 heteroatoms. The Morgan fingerprint density at radius 2 is 2.08 bits per heavy atom. The van der Waals surface area contributed by atoms with Gasteiger partial charge < -0.3 is 11.1 Å². The van der Waals surface area contributed by atoms with Crippen molar-refractivity contribution in [1.82, 2.24) is 15.3 Å². The maximum atomic E-state index is 12.3. The number of halogens is 2. The van der Waals surface area contributed by atoms with Crippen molar-refractivity contribution in [3.8, 4) is 10.7 Å². The van der Waals surface area contributed by atoms with Gasteiger partial charge in [-0.2, -0.15) is 0 Å². The number of hydrogen-bond donors (Lipinski definition) is 2. The topological polar surface area (TPSA) is 80.9 Å². The van der Waals surface area contributed by atoms with E-state index in [2.05, 4.69) is 15.3 Å². The molecular weight excluding hydrogens is 379 g/mol. The molecule has 0 aliphatic heterocycles. The molecule has 0 aromatic carbocycles. The summed E-state index contributed by atoms with van der Waals surface area (Å²) in [7, 11) is 0. The minimum Gasteiger partial charge on any atom is -0.353 e. The van der Waals surface area contributed by atoms with Crippen LogP contribution in [-0.4, -0.2) is 28.5 Å². The van der Waals surface area contributed by atoms with Crippen LogP contribution in [0.25, 0.3) is 10.7 Å². The molecule has 2 atom stereocenters. The summed E-state index contributed by atoms with van der Waals surface area (Å²) in [5, 5.41) is 5.94. The van der Waals surface area contributed by atoms with E-state index in [1.165, 1.54) is 24.2 Å². The molecule has 3 rings (SSSR count). The Labute approximate surface area is 164 Å². The van der Waals surface area contributed by atoms with Crippen LogP contribution in [0, 0.1) is 5.92 Å². The highest BCUT2D eigenvalue weighted by Crippen LogP contribution is 2.24. The van der Waals surface area contributed by atoms with Gasteiger partial charge in [0, 0.05) is 17.6 Å². The molecule has 2 unspecified atom stereocenters. The molecule has 3 N–H and O–H groups in total. The van der Waals surface area contributed by atoms with E-state index < -0.39 is 0 Å². The van der Waals surface area contributed by atoms with Crippen molar-refractivity contribution in [2.75, 3.05) is 6.54 Å². The van der Waals surface area contributed by atoms with Crippen LogP contribution in [-0.2, 0) is 11.2 Å². The number of nitrogens with one attached hydrogen (secondary N) is 1. The average Bonchev–Trinajstić information content (AvgIpc) is 3.04. The minimum atomic E-state index is 0. The van der Waals surface area contributed by atoms with E-state index in [1.54, 1.807) is 6.20 Å². The molecule has 1 aliphatic rings. The third-order valence-electron chi connectivity index (χ3n) is 4.34. The lowest BCUT2D eigenvalue weighted by atomic mass is 9.84. The van der Waals surface area contributed by atoms with E-state index in [4.69, 9.17) is 5.73 Å². The Balaban J connectivity index is 0.00000156. The zero-order chi connectivity index (χ0) is 16.1. The summed E-state index contributed by atoms with van der Waals surface area (Å²) in [5.41, 5.74) is 7.47. The van der Waals surface area contributed by atoms with Crippen LogP contribution in [0.5, 0.6) is 0 Å². The van der Waals surface area contributed by atoms with E-state index in [9.17, 15) is 4.79 Å². The predicted octanol–water partition coefficient (Wildman–Crippen LogP) is 3.22. The highest BCUT2D eigenvalue weighted by Gasteiger charge is 2.25. The van der Waals surface area contributed by atoms with Crippen molar-refractivity contribution in [2.24, 2.45) is 11.7 Å². The molecule has 1 fully saturated rings. The second kappa shape index (κ2) is 10.7. The molecule has 1 saturated carbocycles. The normalized spacial score (nSPS) is 19.4. The molecule has 138 valence electrons. The molecule has 1 amide bonds. The number of carbonyl (C=O) groups excluding carboxylic acids is 1. The van der Waals surface area contributed by atoms with Gasteiger partial charge in [0.1, 0.15) is 5.01 Å². The van der Waals surface area contributed by atoms with Crippen LogP contribution < -0.4 is 11.1 Å². The first-order chi connectivity index (χ1) is 11.3. The van der Waals surface area contributed by atoms with Crippen LogP contribution in [0.15, 0.2) is 29.8 Å². The van der Waals surface area contributed by atoms with Gasteiger partial charge in [0.2, 0.25) is 5.91 Å². The summed E-state index contributed by atoms with van der Waals surface area (Å²) in [5.74, 6) is 0.445. The van der Waals surface area contributed by atoms with Crippen LogP contribution in [0.2, 0.25) is 0 Å². The van der Waals surface area contributed by atoms with Gasteiger partial charge >= 0.3 is 0 Å². The number of rotatable bonds is 5. The molecule has 0 spiro atoms. The molecule has 2 aromatic rings. The lowest BCUT2D eigenvalue weighted by molar-refractivity contribution is -0.121. The highest BCUT2D eigenvalue weighted by molar-refractivity contribution is 7.13. The first-order valence-electron chi connectivity index (χ1n) is 8.11. The third-order valence-corrected chi connectivity index (χ3v) is 5.25. The molecule has 2 heterocycles. The van der Waals surface area contributed by atoms with Crippen molar-refractivity contribution < 1.29 is 4.79 Å². The summed E-state index contributed by atoms with van der Waals surface area (Å²) in [6.07, 6.45) is 6.60. The van der Waals surface area contributed by atoms with Crippen LogP contribution in [0.4, 0.5) is 0 Å². The van der Waals surface area contributed by atoms with Gasteiger partial charge in [0.25, 0.3) is 0 Å². The number of nitrogens with zero attached hydrogens (tertiary/aromatic N) is 2. The standard InChI is InChI=1S/C17H22N4OS.2ClH/c18-10-12-5-1-2-6-14(12)21-16(22)9-13-11-23-17(20-13)15-7-3-4-8-19-15;;/h3-4,7-8,11-12,14H,1-2,5-6,9-10,18H2,(H,21,22);2*1H. The fourth-order valence-corrected chi connectivity index (χ4v) is 3.89. The van der Waals surface area contributed by atoms with Gasteiger partial charge in [0.15, 0.2) is 0 Å². The first kappa shape index (κ1) is 21.8. The Morgan fingerprint density at radius 3 is 2.80 bits per heavy atom. The molecular formula is C17H24Cl2N4OS. The fraction of sp³-hybridized carbons (Fsp3) is 0.471. The Hall–Kier alpha value is -1.21. The van der Waals surface area contributed by atoms with Crippen LogP contribution >= 0.6 is 36.2 Å². The van der Waals surface area contributed by atoms with Crippen molar-refractivity contribution in [3.05, 3.63) is 35.5 Å². The number of pyridine rings is 1. The van der Waals surface area contributed by atoms with E-state index >= 15 is 0 Å². The van der Waals surface area contributed by atoms with Crippen molar-refractivity contribution >= 4 is 42.1 Å². The average molecular weight is 403 g/mol. The van der Waals surface area contributed by atoms with Gasteiger partial charge in [-0.25, -0.2) is 4.98 Å². The Morgan fingerprint density at radius 1 is 1.28 bits per heavy atom. The first-order valence-corrected chi connectivity index (χ1v) is 8.99. The number of thiazole rings is 1. The van der Waals surface area contributed by atoms with Gasteiger partial charge in [-0.3, -0.25) is 9.78 Å². The van der Waals surface area contributed by atoms with Gasteiger partial charge in [-0.1, -0.05) is 18.9 Å². The smallest absolute Gasteiger partial charge is 0.226 e. The minimum absolute atomic E-state index is 0. The largest absolute Gasteiger partial charge is 0.353 e. The van der Waals surface area contributed by atoms with E-state index in [0.29, 0.717) is 18.9 Å². The number of aromatic nitrogens is 2. The van der Waals surface area contributed by atoms with Crippen molar-refractivity contribution in [1.29, 1.82) is 0 Å². The molecule has 0 radical (unpaired) electrons. The summed E-state index contributed by atoms with van der Waals surface area (Å²) < 4.78 is 0. The summed E-state index contributed by atoms with van der Waals surface area (Å²) in [6, 6.07) is 5.96. The number of amides is 1. The number of hydrogen-bond acceptors (Lipinski definition) is 5. The molecule has 0 bridgehead atoms. The fourth-order valence-electron chi connectivity index (χ4n) is 3.10. The van der Waals surface area contributed by atoms with Crippen LogP contribution in [0.3, 0.4) is 0 Å². The monoisotopic (exact) mass is 402 g/mol. The zero-order valence-electron chi connectivity index (χ0n) is 13.9. The van der Waals surface area contributed by atoms with Gasteiger partial charge in [-0.15, -0.1) is 36.2 Å². The van der Waals surface area contributed by atoms with Gasteiger partial charge in [-0.05, 0) is 37.4 Å².